The third kappa shape index (κ3) is 2.73. The Morgan fingerprint density at radius 3 is 2.89 bits per heavy atom. The Morgan fingerprint density at radius 2 is 2.11 bits per heavy atom. The number of aromatic amines is 1. The first-order valence-electron chi connectivity index (χ1n) is 9.86. The maximum absolute atomic E-state index is 9.12. The average molecular weight is 394 g/mol. The molecule has 0 saturated carbocycles. The number of aromatic nitrogens is 4. The number of thiazole rings is 1. The highest BCUT2D eigenvalue weighted by Gasteiger charge is 2.46. The minimum absolute atomic E-state index is 0.211. The molecule has 2 atom stereocenters. The van der Waals surface area contributed by atoms with Crippen molar-refractivity contribution < 1.29 is 0 Å². The van der Waals surface area contributed by atoms with Gasteiger partial charge in [-0.05, 0) is 31.2 Å². The third-order valence-electron chi connectivity index (χ3n) is 6.59. The molecular weight excluding hydrogens is 370 g/mol. The Labute approximate surface area is 168 Å². The van der Waals surface area contributed by atoms with Crippen LogP contribution in [0.25, 0.3) is 11.0 Å². The fourth-order valence-corrected chi connectivity index (χ4v) is 5.81. The summed E-state index contributed by atoms with van der Waals surface area (Å²) in [5.74, 6) is 1.76. The van der Waals surface area contributed by atoms with E-state index in [1.165, 1.54) is 12.8 Å². The second-order valence-electron chi connectivity index (χ2n) is 7.90. The van der Waals surface area contributed by atoms with Crippen molar-refractivity contribution in [1.82, 2.24) is 19.9 Å². The zero-order valence-electron chi connectivity index (χ0n) is 15.9. The monoisotopic (exact) mass is 393 g/mol. The van der Waals surface area contributed by atoms with Crippen molar-refractivity contribution >= 4 is 33.3 Å². The molecule has 1 unspecified atom stereocenters. The van der Waals surface area contributed by atoms with Gasteiger partial charge in [-0.3, -0.25) is 0 Å². The van der Waals surface area contributed by atoms with Gasteiger partial charge < -0.3 is 14.8 Å². The Morgan fingerprint density at radius 1 is 1.29 bits per heavy atom. The number of fused-ring (bicyclic) bond motifs is 2. The molecule has 7 nitrogen and oxygen atoms in total. The van der Waals surface area contributed by atoms with E-state index in [1.54, 1.807) is 17.7 Å². The van der Waals surface area contributed by atoms with Gasteiger partial charge in [-0.1, -0.05) is 6.92 Å². The van der Waals surface area contributed by atoms with Gasteiger partial charge in [0.05, 0.1) is 5.39 Å². The molecule has 2 aliphatic rings. The lowest BCUT2D eigenvalue weighted by molar-refractivity contribution is 0.0990. The predicted octanol–water partition coefficient (Wildman–Crippen LogP) is 3.42. The third-order valence-corrected chi connectivity index (χ3v) is 7.49. The molecule has 3 aromatic heterocycles. The molecule has 5 heterocycles. The van der Waals surface area contributed by atoms with Gasteiger partial charge in [-0.25, -0.2) is 15.0 Å². The lowest BCUT2D eigenvalue weighted by Crippen LogP contribution is -2.58. The minimum Gasteiger partial charge on any atom is -0.355 e. The lowest BCUT2D eigenvalue weighted by atomic mass is 9.65. The van der Waals surface area contributed by atoms with Crippen molar-refractivity contribution in [3.63, 3.8) is 0 Å². The van der Waals surface area contributed by atoms with Gasteiger partial charge >= 0.3 is 0 Å². The topological polar surface area (TPSA) is 84.7 Å². The highest BCUT2D eigenvalue weighted by Crippen LogP contribution is 2.46. The quantitative estimate of drug-likeness (QED) is 0.734. The van der Waals surface area contributed by atoms with E-state index < -0.39 is 0 Å². The predicted molar refractivity (Wildman–Crippen MR) is 111 cm³/mol. The summed E-state index contributed by atoms with van der Waals surface area (Å²) < 4.78 is 0. The molecule has 5 rings (SSSR count). The minimum atomic E-state index is 0.211. The van der Waals surface area contributed by atoms with E-state index in [-0.39, 0.29) is 5.41 Å². The van der Waals surface area contributed by atoms with Crippen molar-refractivity contribution in [2.75, 3.05) is 36.0 Å². The van der Waals surface area contributed by atoms with Crippen LogP contribution in [-0.2, 0) is 0 Å². The van der Waals surface area contributed by atoms with Crippen molar-refractivity contribution in [3.05, 3.63) is 29.7 Å². The summed E-state index contributed by atoms with van der Waals surface area (Å²) in [7, 11) is 0. The number of piperidine rings is 2. The summed E-state index contributed by atoms with van der Waals surface area (Å²) in [6, 6.07) is 4.23. The normalized spacial score (nSPS) is 24.9. The number of H-pyrrole nitrogens is 1. The first kappa shape index (κ1) is 17.4. The Balaban J connectivity index is 1.45. The molecule has 0 amide bonds. The van der Waals surface area contributed by atoms with Crippen molar-refractivity contribution in [1.29, 1.82) is 5.26 Å². The molecule has 8 heteroatoms. The summed E-state index contributed by atoms with van der Waals surface area (Å²) in [6.07, 6.45) is 7.10. The maximum atomic E-state index is 9.12. The molecular formula is C20H23N7S. The fourth-order valence-electron chi connectivity index (χ4n) is 5.03. The summed E-state index contributed by atoms with van der Waals surface area (Å²) in [6.45, 7) is 6.37. The number of hydrogen-bond acceptors (Lipinski definition) is 7. The molecule has 0 radical (unpaired) electrons. The van der Waals surface area contributed by atoms with Crippen LogP contribution in [0.3, 0.4) is 0 Å². The molecule has 2 fully saturated rings. The van der Waals surface area contributed by atoms with Crippen molar-refractivity contribution in [2.45, 2.75) is 26.2 Å². The van der Waals surface area contributed by atoms with Gasteiger partial charge in [0.25, 0.3) is 0 Å². The van der Waals surface area contributed by atoms with Gasteiger partial charge in [0.1, 0.15) is 23.9 Å². The Bertz CT molecular complexity index is 1030. The molecule has 3 aromatic rings. The van der Waals surface area contributed by atoms with E-state index in [9.17, 15) is 0 Å². The summed E-state index contributed by atoms with van der Waals surface area (Å²) in [5.41, 5.74) is 1.63. The van der Waals surface area contributed by atoms with Crippen LogP contribution in [-0.4, -0.2) is 46.1 Å². The van der Waals surface area contributed by atoms with Crippen LogP contribution in [0.15, 0.2) is 24.0 Å². The number of anilines is 2. The highest BCUT2D eigenvalue weighted by molar-refractivity contribution is 7.13. The van der Waals surface area contributed by atoms with Crippen LogP contribution in [0.4, 0.5) is 10.9 Å². The number of rotatable bonds is 3. The van der Waals surface area contributed by atoms with Crippen LogP contribution in [0.1, 0.15) is 31.9 Å². The number of hydrogen-bond donors (Lipinski definition) is 1. The van der Waals surface area contributed by atoms with Crippen molar-refractivity contribution in [3.8, 4) is 6.07 Å². The molecule has 144 valence electrons. The first-order valence-corrected chi connectivity index (χ1v) is 10.7. The number of nitrogens with one attached hydrogen (secondary N) is 1. The van der Waals surface area contributed by atoms with E-state index in [2.05, 4.69) is 48.8 Å². The molecule has 0 spiro atoms. The largest absolute Gasteiger partial charge is 0.355 e. The van der Waals surface area contributed by atoms with Crippen molar-refractivity contribution in [2.24, 2.45) is 11.3 Å². The smallest absolute Gasteiger partial charge is 0.186 e. The summed E-state index contributed by atoms with van der Waals surface area (Å²) in [5, 5.41) is 13.1. The molecule has 2 saturated heterocycles. The van der Waals surface area contributed by atoms with E-state index in [1.807, 2.05) is 11.6 Å². The molecule has 2 aliphatic heterocycles. The van der Waals surface area contributed by atoms with Crippen LogP contribution in [0.2, 0.25) is 0 Å². The SMILES string of the molecule is CC[C@]12CN(c3nc(C#N)cs3)CCC1CCN(c1ncnc3[nH]ccc13)C2. The Kier molecular flexibility index (Phi) is 4.20. The lowest BCUT2D eigenvalue weighted by Gasteiger charge is -2.54. The van der Waals surface area contributed by atoms with Crippen LogP contribution < -0.4 is 9.80 Å². The zero-order chi connectivity index (χ0) is 19.1. The van der Waals surface area contributed by atoms with E-state index in [4.69, 9.17) is 5.26 Å². The number of nitrogens with zero attached hydrogens (tertiary/aromatic N) is 6. The van der Waals surface area contributed by atoms with Gasteiger partial charge in [0, 0.05) is 43.2 Å². The summed E-state index contributed by atoms with van der Waals surface area (Å²) >= 11 is 1.58. The average Bonchev–Trinajstić information content (AvgIpc) is 3.42. The second-order valence-corrected chi connectivity index (χ2v) is 8.73. The van der Waals surface area contributed by atoms with E-state index in [0.29, 0.717) is 5.69 Å². The molecule has 0 aromatic carbocycles. The van der Waals surface area contributed by atoms with Gasteiger partial charge in [0.15, 0.2) is 10.8 Å². The standard InChI is InChI=1S/C20H23N7S/c1-2-20-11-26(18-16-3-6-22-17(16)23-13-24-18)7-4-14(20)5-8-27(12-20)19-25-15(9-21)10-28-19/h3,6,10,13-14H,2,4-5,7-8,11-12H2,1H3,(H,22,23,24)/t14?,20-/m0/s1. The Hall–Kier alpha value is -2.66. The van der Waals surface area contributed by atoms with Gasteiger partial charge in [-0.2, -0.15) is 5.26 Å². The van der Waals surface area contributed by atoms with Crippen LogP contribution in [0.5, 0.6) is 0 Å². The van der Waals surface area contributed by atoms with E-state index in [0.717, 1.165) is 60.5 Å². The molecule has 1 N–H and O–H groups in total. The molecule has 0 bridgehead atoms. The van der Waals surface area contributed by atoms with Gasteiger partial charge in [0.2, 0.25) is 0 Å². The van der Waals surface area contributed by atoms with E-state index >= 15 is 0 Å². The maximum Gasteiger partial charge on any atom is 0.186 e. The van der Waals surface area contributed by atoms with Crippen LogP contribution >= 0.6 is 11.3 Å². The molecule has 28 heavy (non-hydrogen) atoms. The second kappa shape index (κ2) is 6.74. The zero-order valence-corrected chi connectivity index (χ0v) is 16.7. The highest BCUT2D eigenvalue weighted by atomic mass is 32.1. The fraction of sp³-hybridized carbons (Fsp3) is 0.500. The first-order chi connectivity index (χ1) is 13.7. The summed E-state index contributed by atoms with van der Waals surface area (Å²) in [4.78, 5) is 21.5. The molecule has 0 aliphatic carbocycles. The van der Waals surface area contributed by atoms with Crippen LogP contribution in [0, 0.1) is 22.7 Å². The van der Waals surface area contributed by atoms with Gasteiger partial charge in [-0.15, -0.1) is 11.3 Å². The number of nitriles is 1.